The van der Waals surface area contributed by atoms with Crippen molar-refractivity contribution >= 4 is 11.6 Å². The Morgan fingerprint density at radius 2 is 1.93 bits per heavy atom. The predicted octanol–water partition coefficient (Wildman–Crippen LogP) is 3.46. The Morgan fingerprint density at radius 1 is 1.40 bits per heavy atom. The maximum Gasteiger partial charge on any atom is 0.121 e. The van der Waals surface area contributed by atoms with Crippen molar-refractivity contribution in [3.8, 4) is 11.8 Å². The van der Waals surface area contributed by atoms with Crippen LogP contribution in [0.3, 0.4) is 0 Å². The molecule has 0 aliphatic carbocycles. The standard InChI is InChI=1S/C12H14ClNO/c1-7-5-9(15)10(8(2)11(7)13)12(3,4)6-14/h5,15H,1-4H3. The van der Waals surface area contributed by atoms with E-state index in [-0.39, 0.29) is 5.75 Å². The molecule has 0 bridgehead atoms. The molecule has 0 fully saturated rings. The summed E-state index contributed by atoms with van der Waals surface area (Å²) in [5.41, 5.74) is 1.48. The van der Waals surface area contributed by atoms with E-state index in [1.54, 1.807) is 19.9 Å². The van der Waals surface area contributed by atoms with Crippen LogP contribution in [0.15, 0.2) is 6.07 Å². The molecule has 0 aliphatic rings. The lowest BCUT2D eigenvalue weighted by molar-refractivity contribution is 0.455. The minimum absolute atomic E-state index is 0.140. The molecule has 1 rings (SSSR count). The van der Waals surface area contributed by atoms with E-state index in [0.29, 0.717) is 10.6 Å². The first-order chi connectivity index (χ1) is 6.81. The number of hydrogen-bond acceptors (Lipinski definition) is 2. The van der Waals surface area contributed by atoms with Gasteiger partial charge in [-0.2, -0.15) is 5.26 Å². The number of hydrogen-bond donors (Lipinski definition) is 1. The molecule has 0 atom stereocenters. The Labute approximate surface area is 95.1 Å². The van der Waals surface area contributed by atoms with Crippen molar-refractivity contribution in [3.05, 3.63) is 27.8 Å². The Morgan fingerprint density at radius 3 is 2.40 bits per heavy atom. The second-order valence-corrected chi connectivity index (χ2v) is 4.64. The number of nitrogens with zero attached hydrogens (tertiary/aromatic N) is 1. The lowest BCUT2D eigenvalue weighted by Crippen LogP contribution is -2.16. The molecule has 3 heteroatoms. The Bertz CT molecular complexity index is 444. The molecule has 0 aliphatic heterocycles. The van der Waals surface area contributed by atoms with Crippen molar-refractivity contribution in [3.63, 3.8) is 0 Å². The predicted molar refractivity (Wildman–Crippen MR) is 61.2 cm³/mol. The van der Waals surface area contributed by atoms with Gasteiger partial charge in [-0.05, 0) is 44.9 Å². The molecule has 0 amide bonds. The molecule has 0 spiro atoms. The number of nitriles is 1. The van der Waals surface area contributed by atoms with Crippen LogP contribution < -0.4 is 0 Å². The van der Waals surface area contributed by atoms with Crippen LogP contribution in [-0.2, 0) is 5.41 Å². The molecule has 0 radical (unpaired) electrons. The van der Waals surface area contributed by atoms with Crippen molar-refractivity contribution in [2.24, 2.45) is 0 Å². The fraction of sp³-hybridized carbons (Fsp3) is 0.417. The Hall–Kier alpha value is -1.20. The van der Waals surface area contributed by atoms with E-state index in [1.807, 2.05) is 13.8 Å². The van der Waals surface area contributed by atoms with Crippen molar-refractivity contribution in [1.29, 1.82) is 5.26 Å². The van der Waals surface area contributed by atoms with Crippen LogP contribution in [0.4, 0.5) is 0 Å². The molecular weight excluding hydrogens is 210 g/mol. The van der Waals surface area contributed by atoms with E-state index in [9.17, 15) is 5.11 Å². The van der Waals surface area contributed by atoms with E-state index in [4.69, 9.17) is 16.9 Å². The highest BCUT2D eigenvalue weighted by atomic mass is 35.5. The largest absolute Gasteiger partial charge is 0.508 e. The van der Waals surface area contributed by atoms with Crippen molar-refractivity contribution in [2.45, 2.75) is 33.1 Å². The maximum absolute atomic E-state index is 9.85. The first-order valence-electron chi connectivity index (χ1n) is 4.71. The second-order valence-electron chi connectivity index (χ2n) is 4.26. The highest BCUT2D eigenvalue weighted by Crippen LogP contribution is 2.38. The van der Waals surface area contributed by atoms with Gasteiger partial charge in [-0.1, -0.05) is 11.6 Å². The van der Waals surface area contributed by atoms with Crippen LogP contribution in [0.2, 0.25) is 5.02 Å². The summed E-state index contributed by atoms with van der Waals surface area (Å²) in [4.78, 5) is 0. The monoisotopic (exact) mass is 223 g/mol. The van der Waals surface area contributed by atoms with Gasteiger partial charge in [-0.3, -0.25) is 0 Å². The van der Waals surface area contributed by atoms with Gasteiger partial charge < -0.3 is 5.11 Å². The number of halogens is 1. The highest BCUT2D eigenvalue weighted by molar-refractivity contribution is 6.32. The normalized spacial score (nSPS) is 11.2. The SMILES string of the molecule is Cc1cc(O)c(C(C)(C)C#N)c(C)c1Cl. The van der Waals surface area contributed by atoms with Crippen LogP contribution in [0.1, 0.15) is 30.5 Å². The molecule has 2 nitrogen and oxygen atoms in total. The summed E-state index contributed by atoms with van der Waals surface area (Å²) in [6.07, 6.45) is 0. The van der Waals surface area contributed by atoms with Gasteiger partial charge in [0.05, 0.1) is 11.5 Å². The van der Waals surface area contributed by atoms with Crippen LogP contribution in [0, 0.1) is 25.2 Å². The van der Waals surface area contributed by atoms with Gasteiger partial charge in [0.1, 0.15) is 5.75 Å². The number of benzene rings is 1. The quantitative estimate of drug-likeness (QED) is 0.793. The summed E-state index contributed by atoms with van der Waals surface area (Å²) >= 11 is 6.10. The van der Waals surface area contributed by atoms with Gasteiger partial charge in [-0.25, -0.2) is 0 Å². The van der Waals surface area contributed by atoms with Crippen molar-refractivity contribution < 1.29 is 5.11 Å². The van der Waals surface area contributed by atoms with E-state index in [0.717, 1.165) is 11.1 Å². The molecule has 1 aromatic rings. The maximum atomic E-state index is 9.85. The third-order valence-corrected chi connectivity index (χ3v) is 3.15. The van der Waals surface area contributed by atoms with E-state index in [1.165, 1.54) is 0 Å². The summed E-state index contributed by atoms with van der Waals surface area (Å²) < 4.78 is 0. The molecule has 80 valence electrons. The third kappa shape index (κ3) is 1.93. The van der Waals surface area contributed by atoms with E-state index >= 15 is 0 Å². The summed E-state index contributed by atoms with van der Waals surface area (Å²) in [7, 11) is 0. The van der Waals surface area contributed by atoms with Gasteiger partial charge >= 0.3 is 0 Å². The number of rotatable bonds is 1. The third-order valence-electron chi connectivity index (χ3n) is 2.56. The van der Waals surface area contributed by atoms with Crippen LogP contribution in [0.5, 0.6) is 5.75 Å². The van der Waals surface area contributed by atoms with Gasteiger partial charge in [0.25, 0.3) is 0 Å². The fourth-order valence-corrected chi connectivity index (χ4v) is 1.93. The molecule has 0 aromatic heterocycles. The van der Waals surface area contributed by atoms with Gasteiger partial charge in [0, 0.05) is 10.6 Å². The highest BCUT2D eigenvalue weighted by Gasteiger charge is 2.27. The topological polar surface area (TPSA) is 44.0 Å². The van der Waals surface area contributed by atoms with E-state index < -0.39 is 5.41 Å². The summed E-state index contributed by atoms with van der Waals surface area (Å²) in [6.45, 7) is 7.18. The molecule has 0 saturated carbocycles. The number of aryl methyl sites for hydroxylation is 1. The lowest BCUT2D eigenvalue weighted by Gasteiger charge is -2.21. The molecule has 0 unspecified atom stereocenters. The minimum Gasteiger partial charge on any atom is -0.508 e. The number of phenolic OH excluding ortho intramolecular Hbond substituents is 1. The fourth-order valence-electron chi connectivity index (χ4n) is 1.78. The molecule has 1 aromatic carbocycles. The minimum atomic E-state index is -0.731. The van der Waals surface area contributed by atoms with Crippen molar-refractivity contribution in [2.75, 3.05) is 0 Å². The summed E-state index contributed by atoms with van der Waals surface area (Å²) in [6, 6.07) is 3.77. The van der Waals surface area contributed by atoms with Gasteiger partial charge in [-0.15, -0.1) is 0 Å². The summed E-state index contributed by atoms with van der Waals surface area (Å²) in [5.74, 6) is 0.140. The molecular formula is C12H14ClNO. The zero-order valence-corrected chi connectivity index (χ0v) is 10.1. The van der Waals surface area contributed by atoms with Gasteiger partial charge in [0.15, 0.2) is 0 Å². The first kappa shape index (κ1) is 11.9. The van der Waals surface area contributed by atoms with Crippen molar-refractivity contribution in [1.82, 2.24) is 0 Å². The molecule has 0 heterocycles. The number of phenols is 1. The lowest BCUT2D eigenvalue weighted by atomic mass is 9.82. The molecule has 0 saturated heterocycles. The summed E-state index contributed by atoms with van der Waals surface area (Å²) in [5, 5.41) is 19.5. The Kier molecular flexibility index (Phi) is 2.97. The molecule has 1 N–H and O–H groups in total. The zero-order chi connectivity index (χ0) is 11.8. The smallest absolute Gasteiger partial charge is 0.121 e. The van der Waals surface area contributed by atoms with E-state index in [2.05, 4.69) is 6.07 Å². The number of aromatic hydroxyl groups is 1. The van der Waals surface area contributed by atoms with Gasteiger partial charge in [0.2, 0.25) is 0 Å². The van der Waals surface area contributed by atoms with Crippen LogP contribution in [-0.4, -0.2) is 5.11 Å². The second kappa shape index (κ2) is 3.75. The van der Waals surface area contributed by atoms with Crippen LogP contribution in [0.25, 0.3) is 0 Å². The molecule has 15 heavy (non-hydrogen) atoms. The Balaban J connectivity index is 3.58. The average Bonchev–Trinajstić information content (AvgIpc) is 2.14. The first-order valence-corrected chi connectivity index (χ1v) is 5.09. The van der Waals surface area contributed by atoms with Crippen LogP contribution >= 0.6 is 11.6 Å². The average molecular weight is 224 g/mol. The zero-order valence-electron chi connectivity index (χ0n) is 9.35.